The van der Waals surface area contributed by atoms with Gasteiger partial charge in [0.1, 0.15) is 11.6 Å². The number of Topliss-reactive ketones (excluding diaryl/α,β-unsaturated/α-hetero) is 1. The van der Waals surface area contributed by atoms with Crippen LogP contribution >= 0.6 is 11.6 Å². The number of benzene rings is 2. The Morgan fingerprint density at radius 1 is 1.03 bits per heavy atom. The molecule has 6 rings (SSSR count). The van der Waals surface area contributed by atoms with Crippen LogP contribution < -0.4 is 5.32 Å². The molecule has 0 radical (unpaired) electrons. The van der Waals surface area contributed by atoms with Crippen LogP contribution in [0.25, 0.3) is 16.6 Å². The summed E-state index contributed by atoms with van der Waals surface area (Å²) in [6.45, 7) is 5.34. The lowest BCUT2D eigenvalue weighted by Crippen LogP contribution is -2.43. The maximum Gasteiger partial charge on any atom is 0.245 e. The molecule has 0 atom stereocenters. The number of nitrogens with zero attached hydrogens (tertiary/aromatic N) is 5. The summed E-state index contributed by atoms with van der Waals surface area (Å²) in [6, 6.07) is 15.2. The number of rotatable bonds is 6. The minimum absolute atomic E-state index is 0.229. The molecule has 1 saturated heterocycles. The van der Waals surface area contributed by atoms with Crippen LogP contribution in [0.2, 0.25) is 5.02 Å². The Kier molecular flexibility index (Phi) is 7.34. The molecule has 0 bridgehead atoms. The highest BCUT2D eigenvalue weighted by atomic mass is 35.5. The van der Waals surface area contributed by atoms with Crippen molar-refractivity contribution in [2.75, 3.05) is 38.5 Å². The molecule has 0 spiro atoms. The molecule has 4 aromatic rings. The number of likely N-dealkylation sites (N-methyl/N-ethyl adjacent to an activating group) is 1. The maximum absolute atomic E-state index is 13.9. The fraction of sp³-hybridized carbons (Fsp3) is 0.367. The van der Waals surface area contributed by atoms with Crippen LogP contribution in [0.4, 0.5) is 16.0 Å². The summed E-state index contributed by atoms with van der Waals surface area (Å²) in [5.74, 6) is 0.468. The summed E-state index contributed by atoms with van der Waals surface area (Å²) in [6.07, 6.45) is 4.60. The average Bonchev–Trinajstić information content (AvgIpc) is 3.29. The number of anilines is 2. The second-order valence-electron chi connectivity index (χ2n) is 10.7. The van der Waals surface area contributed by atoms with E-state index in [-0.39, 0.29) is 5.92 Å². The smallest absolute Gasteiger partial charge is 0.245 e. The summed E-state index contributed by atoms with van der Waals surface area (Å²) in [4.78, 5) is 21.4. The van der Waals surface area contributed by atoms with Crippen molar-refractivity contribution in [1.29, 1.82) is 0 Å². The van der Waals surface area contributed by atoms with Gasteiger partial charge in [-0.15, -0.1) is 5.10 Å². The number of fused-ring (bicyclic) bond motifs is 1. The molecular formula is C30H32ClFN6O. The fourth-order valence-corrected chi connectivity index (χ4v) is 5.86. The number of carbonyl (C=O) groups excluding carboxylic acids is 1. The Labute approximate surface area is 232 Å². The zero-order chi connectivity index (χ0) is 26.9. The molecule has 2 aliphatic rings. The van der Waals surface area contributed by atoms with Crippen LogP contribution in [-0.2, 0) is 11.3 Å². The number of aromatic nitrogens is 3. The Hall–Kier alpha value is -3.33. The zero-order valence-corrected chi connectivity index (χ0v) is 22.8. The van der Waals surface area contributed by atoms with Gasteiger partial charge in [-0.2, -0.15) is 0 Å². The van der Waals surface area contributed by atoms with Crippen LogP contribution in [0.1, 0.15) is 42.9 Å². The van der Waals surface area contributed by atoms with E-state index in [4.69, 9.17) is 16.7 Å². The van der Waals surface area contributed by atoms with E-state index in [0.29, 0.717) is 35.3 Å². The van der Waals surface area contributed by atoms with Crippen molar-refractivity contribution >= 4 is 34.5 Å². The van der Waals surface area contributed by atoms with Gasteiger partial charge in [-0.25, -0.2) is 13.9 Å². The van der Waals surface area contributed by atoms with Crippen molar-refractivity contribution in [1.82, 2.24) is 24.4 Å². The summed E-state index contributed by atoms with van der Waals surface area (Å²) >= 11 is 6.03. The molecule has 3 heterocycles. The third-order valence-corrected chi connectivity index (χ3v) is 8.11. The minimum atomic E-state index is -0.432. The molecule has 7 nitrogen and oxygen atoms in total. The molecular weight excluding hydrogens is 515 g/mol. The first-order chi connectivity index (χ1) is 18.9. The van der Waals surface area contributed by atoms with Gasteiger partial charge in [0.05, 0.1) is 11.7 Å². The molecule has 1 aliphatic carbocycles. The van der Waals surface area contributed by atoms with E-state index in [2.05, 4.69) is 57.5 Å². The first-order valence-corrected chi connectivity index (χ1v) is 13.9. The second kappa shape index (κ2) is 11.0. The van der Waals surface area contributed by atoms with Crippen LogP contribution in [0.5, 0.6) is 0 Å². The van der Waals surface area contributed by atoms with E-state index in [1.165, 1.54) is 17.7 Å². The average molecular weight is 547 g/mol. The van der Waals surface area contributed by atoms with Gasteiger partial charge in [-0.05, 0) is 55.3 Å². The van der Waals surface area contributed by atoms with Crippen molar-refractivity contribution in [2.45, 2.75) is 38.1 Å². The molecule has 9 heteroatoms. The lowest BCUT2D eigenvalue weighted by Gasteiger charge is -2.32. The normalized spacial score (nSPS) is 17.7. The number of hydrogen-bond acceptors (Lipinski definition) is 6. The van der Waals surface area contributed by atoms with Crippen molar-refractivity contribution in [3.8, 4) is 11.1 Å². The quantitative estimate of drug-likeness (QED) is 0.324. The van der Waals surface area contributed by atoms with E-state index in [0.717, 1.165) is 67.9 Å². The third kappa shape index (κ3) is 5.83. The summed E-state index contributed by atoms with van der Waals surface area (Å²) in [7, 11) is 2.17. The second-order valence-corrected chi connectivity index (χ2v) is 11.2. The topological polar surface area (TPSA) is 65.8 Å². The van der Waals surface area contributed by atoms with Crippen molar-refractivity contribution in [2.24, 2.45) is 0 Å². The number of carbonyl (C=O) groups is 1. The highest BCUT2D eigenvalue weighted by molar-refractivity contribution is 6.30. The number of nitrogens with one attached hydrogen (secondary N) is 1. The fourth-order valence-electron chi connectivity index (χ4n) is 5.64. The number of hydrogen-bond donors (Lipinski definition) is 1. The summed E-state index contributed by atoms with van der Waals surface area (Å²) < 4.78 is 15.8. The lowest BCUT2D eigenvalue weighted by atomic mass is 9.86. The monoisotopic (exact) mass is 546 g/mol. The van der Waals surface area contributed by atoms with Gasteiger partial charge in [-0.3, -0.25) is 9.69 Å². The molecule has 1 N–H and O–H groups in total. The molecule has 202 valence electrons. The van der Waals surface area contributed by atoms with Gasteiger partial charge in [0.25, 0.3) is 0 Å². The SMILES string of the molecule is CN1CCN(Cc2ccc(-c3cc(C4CCC(=O)CC4)n4nc(Nc5cc(F)cc(Cl)c5)ncc34)cc2)CC1. The van der Waals surface area contributed by atoms with E-state index >= 15 is 0 Å². The van der Waals surface area contributed by atoms with Crippen LogP contribution in [0, 0.1) is 5.82 Å². The standard InChI is InChI=1S/C30H32ClFN6O/c1-36-10-12-37(13-11-36)19-20-2-4-21(5-3-20)27-17-28(22-6-8-26(39)9-7-22)38-29(27)18-33-30(35-38)34-25-15-23(31)14-24(32)16-25/h2-5,14-18,22H,6-13,19H2,1H3,(H,34,35). The molecule has 0 amide bonds. The predicted octanol–water partition coefficient (Wildman–Crippen LogP) is 5.91. The molecule has 2 aromatic carbocycles. The molecule has 1 saturated carbocycles. The lowest BCUT2D eigenvalue weighted by molar-refractivity contribution is -0.120. The predicted molar refractivity (Wildman–Crippen MR) is 152 cm³/mol. The Morgan fingerprint density at radius 2 is 1.77 bits per heavy atom. The van der Waals surface area contributed by atoms with E-state index in [1.54, 1.807) is 12.3 Å². The largest absolute Gasteiger partial charge is 0.323 e. The zero-order valence-electron chi connectivity index (χ0n) is 22.0. The molecule has 2 fully saturated rings. The van der Waals surface area contributed by atoms with Gasteiger partial charge in [0, 0.05) is 73.5 Å². The molecule has 0 unspecified atom stereocenters. The Bertz CT molecular complexity index is 1470. The minimum Gasteiger partial charge on any atom is -0.323 e. The van der Waals surface area contributed by atoms with Crippen LogP contribution in [0.15, 0.2) is 54.7 Å². The molecule has 1 aliphatic heterocycles. The van der Waals surface area contributed by atoms with E-state index in [1.807, 2.05) is 4.52 Å². The first-order valence-electron chi connectivity index (χ1n) is 13.5. The Balaban J connectivity index is 1.32. The van der Waals surface area contributed by atoms with Crippen molar-refractivity contribution in [3.05, 3.63) is 76.8 Å². The van der Waals surface area contributed by atoms with Gasteiger partial charge in [0.15, 0.2) is 0 Å². The van der Waals surface area contributed by atoms with Gasteiger partial charge >= 0.3 is 0 Å². The number of piperazine rings is 1. The van der Waals surface area contributed by atoms with E-state index in [9.17, 15) is 9.18 Å². The third-order valence-electron chi connectivity index (χ3n) is 7.89. The van der Waals surface area contributed by atoms with Gasteiger partial charge in [0.2, 0.25) is 5.95 Å². The number of ketones is 1. The highest BCUT2D eigenvalue weighted by Gasteiger charge is 2.25. The summed E-state index contributed by atoms with van der Waals surface area (Å²) in [5, 5.41) is 8.18. The molecule has 39 heavy (non-hydrogen) atoms. The van der Waals surface area contributed by atoms with Crippen LogP contribution in [-0.4, -0.2) is 63.4 Å². The van der Waals surface area contributed by atoms with Crippen molar-refractivity contribution in [3.63, 3.8) is 0 Å². The van der Waals surface area contributed by atoms with Gasteiger partial charge in [-0.1, -0.05) is 35.9 Å². The Morgan fingerprint density at radius 3 is 2.49 bits per heavy atom. The van der Waals surface area contributed by atoms with E-state index < -0.39 is 5.82 Å². The molecule has 2 aromatic heterocycles. The van der Waals surface area contributed by atoms with Crippen molar-refractivity contribution < 1.29 is 9.18 Å². The van der Waals surface area contributed by atoms with Gasteiger partial charge < -0.3 is 10.2 Å². The summed E-state index contributed by atoms with van der Waals surface area (Å²) in [5.41, 5.74) is 5.91. The number of halogens is 2. The first kappa shape index (κ1) is 25.9. The highest BCUT2D eigenvalue weighted by Crippen LogP contribution is 2.37. The maximum atomic E-state index is 13.9. The van der Waals surface area contributed by atoms with Crippen LogP contribution in [0.3, 0.4) is 0 Å².